The zero-order valence-electron chi connectivity index (χ0n) is 10.0. The molecule has 0 fully saturated rings. The third-order valence-corrected chi connectivity index (χ3v) is 1.90. The molecule has 1 aromatic carbocycles. The first kappa shape index (κ1) is 17.4. The van der Waals surface area contributed by atoms with Crippen LogP contribution in [0.25, 0.3) is 0 Å². The first-order valence-corrected chi connectivity index (χ1v) is 4.93. The minimum atomic E-state index is -5.17. The van der Waals surface area contributed by atoms with Gasteiger partial charge in [-0.1, -0.05) is 25.4 Å². The molecule has 0 aliphatic rings. The summed E-state index contributed by atoms with van der Waals surface area (Å²) < 4.78 is 55.5. The van der Waals surface area contributed by atoms with E-state index in [4.69, 9.17) is 4.74 Å². The van der Waals surface area contributed by atoms with Gasteiger partial charge in [-0.3, -0.25) is 0 Å². The first-order chi connectivity index (χ1) is 7.30. The van der Waals surface area contributed by atoms with Crippen molar-refractivity contribution in [3.8, 4) is 5.75 Å². The third-order valence-electron chi connectivity index (χ3n) is 1.90. The summed E-state index contributed by atoms with van der Waals surface area (Å²) >= 11 is 0. The summed E-state index contributed by atoms with van der Waals surface area (Å²) in [4.78, 5) is 0. The maximum atomic E-state index is 12.8. The molecule has 0 radical (unpaired) electrons. The van der Waals surface area contributed by atoms with E-state index in [2.05, 4.69) is 0 Å². The number of hydrogen-bond donors (Lipinski definition) is 0. The molecule has 0 unspecified atom stereocenters. The van der Waals surface area contributed by atoms with Gasteiger partial charge in [0.15, 0.2) is 0 Å². The number of hydrogen-bond acceptors (Lipinski definition) is 1. The molecule has 0 N–H and O–H groups in total. The molecule has 0 amide bonds. The Kier molecular flexibility index (Phi) is 7.32. The topological polar surface area (TPSA) is 9.23 Å². The van der Waals surface area contributed by atoms with Gasteiger partial charge >= 0.3 is 58.4 Å². The van der Waals surface area contributed by atoms with Gasteiger partial charge in [0.2, 0.25) is 0 Å². The number of rotatable bonds is 4. The normalized spacial score (nSPS) is 11.2. The SMILES string of the molecule is CC(C)COc1cc(F)ccc1[B-](F)(F)F.[K+]. The standard InChI is InChI=1S/C10H12BF4O.K/c1-7(2)6-16-10-5-8(12)3-4-9(10)11(13,14)15;/h3-5,7H,6H2,1-2H3;/q-1;+1. The van der Waals surface area contributed by atoms with Gasteiger partial charge in [-0.15, -0.1) is 0 Å². The Hall–Kier alpha value is 0.441. The van der Waals surface area contributed by atoms with Gasteiger partial charge in [-0.2, -0.15) is 0 Å². The summed E-state index contributed by atoms with van der Waals surface area (Å²) in [6.07, 6.45) is 0. The first-order valence-electron chi connectivity index (χ1n) is 4.93. The van der Waals surface area contributed by atoms with Crippen LogP contribution in [0.2, 0.25) is 0 Å². The van der Waals surface area contributed by atoms with Gasteiger partial charge in [0.1, 0.15) is 5.82 Å². The molecule has 0 atom stereocenters. The molecule has 0 bridgehead atoms. The molecule has 1 aromatic rings. The Bertz CT molecular complexity index is 368. The molecule has 0 aromatic heterocycles. The van der Waals surface area contributed by atoms with Crippen LogP contribution in [-0.2, 0) is 0 Å². The fourth-order valence-corrected chi connectivity index (χ4v) is 1.16. The Balaban J connectivity index is 0.00000256. The van der Waals surface area contributed by atoms with Crippen molar-refractivity contribution in [3.63, 3.8) is 0 Å². The number of ether oxygens (including phenoxy) is 1. The van der Waals surface area contributed by atoms with Crippen molar-refractivity contribution in [3.05, 3.63) is 24.0 Å². The summed E-state index contributed by atoms with van der Waals surface area (Å²) in [5, 5.41) is 0. The van der Waals surface area contributed by atoms with Gasteiger partial charge in [0, 0.05) is 6.07 Å². The van der Waals surface area contributed by atoms with Crippen molar-refractivity contribution in [2.24, 2.45) is 5.92 Å². The van der Waals surface area contributed by atoms with E-state index in [9.17, 15) is 17.3 Å². The fraction of sp³-hybridized carbons (Fsp3) is 0.400. The van der Waals surface area contributed by atoms with Gasteiger partial charge < -0.3 is 17.7 Å². The van der Waals surface area contributed by atoms with Crippen LogP contribution in [0.4, 0.5) is 17.3 Å². The van der Waals surface area contributed by atoms with Crippen molar-refractivity contribution in [2.45, 2.75) is 13.8 Å². The van der Waals surface area contributed by atoms with E-state index in [0.29, 0.717) is 6.07 Å². The smallest absolute Gasteiger partial charge is 0.496 e. The summed E-state index contributed by atoms with van der Waals surface area (Å²) in [5.74, 6) is -1.08. The number of benzene rings is 1. The summed E-state index contributed by atoms with van der Waals surface area (Å²) in [6.45, 7) is -1.44. The molecule has 0 saturated carbocycles. The maximum Gasteiger partial charge on any atom is 1.00 e. The monoisotopic (exact) mass is 274 g/mol. The van der Waals surface area contributed by atoms with Crippen LogP contribution in [0.5, 0.6) is 5.75 Å². The van der Waals surface area contributed by atoms with E-state index in [1.165, 1.54) is 0 Å². The molecular weight excluding hydrogens is 262 g/mol. The minimum Gasteiger partial charge on any atom is -0.496 e. The fourth-order valence-electron chi connectivity index (χ4n) is 1.16. The minimum absolute atomic E-state index is 0. The Labute approximate surface area is 140 Å². The van der Waals surface area contributed by atoms with Crippen LogP contribution in [0, 0.1) is 11.7 Å². The predicted molar refractivity (Wildman–Crippen MR) is 55.4 cm³/mol. The van der Waals surface area contributed by atoms with Crippen molar-refractivity contribution >= 4 is 12.4 Å². The second-order valence-electron chi connectivity index (χ2n) is 3.96. The molecule has 0 aliphatic heterocycles. The average molecular weight is 274 g/mol. The molecule has 1 nitrogen and oxygen atoms in total. The number of halogens is 4. The second kappa shape index (κ2) is 7.13. The predicted octanol–water partition coefficient (Wildman–Crippen LogP) is -0.0811. The average Bonchev–Trinajstić information content (AvgIpc) is 2.12. The van der Waals surface area contributed by atoms with Gasteiger partial charge in [0.05, 0.1) is 12.4 Å². The van der Waals surface area contributed by atoms with E-state index in [1.54, 1.807) is 13.8 Å². The van der Waals surface area contributed by atoms with Crippen LogP contribution in [0.1, 0.15) is 13.8 Å². The molecule has 0 saturated heterocycles. The van der Waals surface area contributed by atoms with Crippen LogP contribution >= 0.6 is 0 Å². The molecular formula is C10H12BF4KO. The Morgan fingerprint density at radius 2 is 1.82 bits per heavy atom. The molecule has 1 rings (SSSR count). The van der Waals surface area contributed by atoms with Crippen LogP contribution < -0.4 is 61.6 Å². The quantitative estimate of drug-likeness (QED) is 0.551. The van der Waals surface area contributed by atoms with E-state index < -0.39 is 24.0 Å². The summed E-state index contributed by atoms with van der Waals surface area (Å²) in [5.41, 5.74) is -0.887. The molecule has 0 spiro atoms. The molecule has 90 valence electrons. The van der Waals surface area contributed by atoms with Crippen LogP contribution in [0.15, 0.2) is 18.2 Å². The van der Waals surface area contributed by atoms with Crippen molar-refractivity contribution in [2.75, 3.05) is 6.61 Å². The van der Waals surface area contributed by atoms with E-state index >= 15 is 0 Å². The van der Waals surface area contributed by atoms with Crippen LogP contribution in [-0.4, -0.2) is 13.6 Å². The second-order valence-corrected chi connectivity index (χ2v) is 3.96. The van der Waals surface area contributed by atoms with Gasteiger partial charge in [0.25, 0.3) is 0 Å². The van der Waals surface area contributed by atoms with E-state index in [1.807, 2.05) is 0 Å². The Morgan fingerprint density at radius 3 is 2.29 bits per heavy atom. The van der Waals surface area contributed by atoms with Crippen LogP contribution in [0.3, 0.4) is 0 Å². The van der Waals surface area contributed by atoms with E-state index in [-0.39, 0.29) is 63.9 Å². The van der Waals surface area contributed by atoms with Crippen molar-refractivity contribution in [1.82, 2.24) is 0 Å². The van der Waals surface area contributed by atoms with Gasteiger partial charge in [-0.05, 0) is 12.0 Å². The third kappa shape index (κ3) is 5.74. The molecule has 0 aliphatic carbocycles. The zero-order valence-corrected chi connectivity index (χ0v) is 13.1. The molecule has 17 heavy (non-hydrogen) atoms. The summed E-state index contributed by atoms with van der Waals surface area (Å²) in [6, 6.07) is 2.27. The van der Waals surface area contributed by atoms with Crippen molar-refractivity contribution in [1.29, 1.82) is 0 Å². The summed E-state index contributed by atoms with van der Waals surface area (Å²) in [7, 11) is 0. The van der Waals surface area contributed by atoms with E-state index in [0.717, 1.165) is 12.1 Å². The largest absolute Gasteiger partial charge is 1.00 e. The van der Waals surface area contributed by atoms with Crippen molar-refractivity contribution < 1.29 is 73.5 Å². The molecule has 0 heterocycles. The van der Waals surface area contributed by atoms with Gasteiger partial charge in [-0.25, -0.2) is 4.39 Å². The maximum absolute atomic E-state index is 12.8. The molecule has 7 heteroatoms. The zero-order chi connectivity index (χ0) is 12.3. The Morgan fingerprint density at radius 1 is 1.24 bits per heavy atom.